The van der Waals surface area contributed by atoms with Crippen LogP contribution in [0.5, 0.6) is 0 Å². The number of benzene rings is 1. The van der Waals surface area contributed by atoms with Crippen molar-refractivity contribution in [3.05, 3.63) is 29.8 Å². The number of thioether (sulfide) groups is 1. The van der Waals surface area contributed by atoms with Gasteiger partial charge in [-0.1, -0.05) is 76.1 Å². The maximum absolute atomic E-state index is 12.5. The lowest BCUT2D eigenvalue weighted by atomic mass is 9.86. The SMILES string of the molecule is C[C@H](Sc1nnc(-c2ccc(C(C)(C)C)cc2)n1C1CCCCC1)C(=O)NC1CC1. The minimum Gasteiger partial charge on any atom is -0.352 e. The zero-order chi connectivity index (χ0) is 21.3. The Hall–Kier alpha value is -1.82. The predicted octanol–water partition coefficient (Wildman–Crippen LogP) is 5.51. The Bertz CT molecular complexity index is 874. The summed E-state index contributed by atoms with van der Waals surface area (Å²) in [6.45, 7) is 8.67. The van der Waals surface area contributed by atoms with Crippen LogP contribution in [0.3, 0.4) is 0 Å². The second-order valence-corrected chi connectivity index (χ2v) is 11.1. The summed E-state index contributed by atoms with van der Waals surface area (Å²) in [5.74, 6) is 1.04. The smallest absolute Gasteiger partial charge is 0.233 e. The zero-order valence-corrected chi connectivity index (χ0v) is 19.5. The Balaban J connectivity index is 1.62. The van der Waals surface area contributed by atoms with E-state index in [4.69, 9.17) is 0 Å². The molecule has 2 saturated carbocycles. The van der Waals surface area contributed by atoms with Crippen LogP contribution in [-0.4, -0.2) is 32.0 Å². The molecule has 0 bridgehead atoms. The molecule has 5 nitrogen and oxygen atoms in total. The Morgan fingerprint density at radius 1 is 1.07 bits per heavy atom. The van der Waals surface area contributed by atoms with E-state index < -0.39 is 0 Å². The third-order valence-corrected chi connectivity index (χ3v) is 7.25. The van der Waals surface area contributed by atoms with Crippen molar-refractivity contribution < 1.29 is 4.79 Å². The quantitative estimate of drug-likeness (QED) is 0.619. The number of carbonyl (C=O) groups is 1. The van der Waals surface area contributed by atoms with Crippen molar-refractivity contribution in [3.8, 4) is 11.4 Å². The second-order valence-electron chi connectivity index (χ2n) is 9.84. The molecule has 30 heavy (non-hydrogen) atoms. The van der Waals surface area contributed by atoms with Gasteiger partial charge in [0.25, 0.3) is 0 Å². The summed E-state index contributed by atoms with van der Waals surface area (Å²) in [5, 5.41) is 13.0. The van der Waals surface area contributed by atoms with Crippen molar-refractivity contribution >= 4 is 17.7 Å². The fourth-order valence-electron chi connectivity index (χ4n) is 4.10. The fourth-order valence-corrected chi connectivity index (χ4v) is 5.03. The first-order valence-electron chi connectivity index (χ1n) is 11.4. The van der Waals surface area contributed by atoms with Gasteiger partial charge in [0.05, 0.1) is 5.25 Å². The van der Waals surface area contributed by atoms with Gasteiger partial charge in [0.2, 0.25) is 5.91 Å². The molecule has 0 radical (unpaired) electrons. The van der Waals surface area contributed by atoms with Crippen molar-refractivity contribution in [2.24, 2.45) is 0 Å². The van der Waals surface area contributed by atoms with Crippen LogP contribution in [0.15, 0.2) is 29.4 Å². The van der Waals surface area contributed by atoms with Gasteiger partial charge in [-0.3, -0.25) is 9.36 Å². The summed E-state index contributed by atoms with van der Waals surface area (Å²) in [4.78, 5) is 12.5. The third kappa shape index (κ3) is 4.90. The first kappa shape index (κ1) is 21.4. The summed E-state index contributed by atoms with van der Waals surface area (Å²) in [6.07, 6.45) is 8.31. The van der Waals surface area contributed by atoms with E-state index in [0.29, 0.717) is 12.1 Å². The molecule has 4 rings (SSSR count). The van der Waals surface area contributed by atoms with E-state index in [-0.39, 0.29) is 16.6 Å². The molecule has 1 amide bonds. The average molecular weight is 427 g/mol. The lowest BCUT2D eigenvalue weighted by Crippen LogP contribution is -2.32. The van der Waals surface area contributed by atoms with Gasteiger partial charge in [0.1, 0.15) is 0 Å². The molecule has 0 spiro atoms. The summed E-state index contributed by atoms with van der Waals surface area (Å²) in [6, 6.07) is 9.53. The Kier molecular flexibility index (Phi) is 6.24. The van der Waals surface area contributed by atoms with Gasteiger partial charge in [-0.25, -0.2) is 0 Å². The van der Waals surface area contributed by atoms with E-state index in [1.165, 1.54) is 24.8 Å². The van der Waals surface area contributed by atoms with Crippen molar-refractivity contribution in [2.75, 3.05) is 0 Å². The van der Waals surface area contributed by atoms with Gasteiger partial charge < -0.3 is 5.32 Å². The third-order valence-electron chi connectivity index (χ3n) is 6.19. The van der Waals surface area contributed by atoms with Gasteiger partial charge in [-0.05, 0) is 43.6 Å². The molecule has 1 aromatic heterocycles. The Morgan fingerprint density at radius 2 is 1.73 bits per heavy atom. The number of rotatable bonds is 6. The largest absolute Gasteiger partial charge is 0.352 e. The molecular formula is C24H34N4OS. The van der Waals surface area contributed by atoms with Gasteiger partial charge in [0.15, 0.2) is 11.0 Å². The second kappa shape index (κ2) is 8.74. The highest BCUT2D eigenvalue weighted by Gasteiger charge is 2.29. The van der Waals surface area contributed by atoms with Gasteiger partial charge >= 0.3 is 0 Å². The van der Waals surface area contributed by atoms with E-state index in [0.717, 1.165) is 42.2 Å². The zero-order valence-electron chi connectivity index (χ0n) is 18.6. The number of nitrogens with zero attached hydrogens (tertiary/aromatic N) is 3. The molecule has 2 aromatic rings. The number of aromatic nitrogens is 3. The number of hydrogen-bond donors (Lipinski definition) is 1. The highest BCUT2D eigenvalue weighted by molar-refractivity contribution is 8.00. The minimum absolute atomic E-state index is 0.108. The predicted molar refractivity (Wildman–Crippen MR) is 123 cm³/mol. The highest BCUT2D eigenvalue weighted by Crippen LogP contribution is 2.37. The van der Waals surface area contributed by atoms with Crippen LogP contribution < -0.4 is 5.32 Å². The van der Waals surface area contributed by atoms with Crippen LogP contribution >= 0.6 is 11.8 Å². The van der Waals surface area contributed by atoms with E-state index in [1.807, 2.05) is 6.92 Å². The minimum atomic E-state index is -0.173. The summed E-state index contributed by atoms with van der Waals surface area (Å²) >= 11 is 1.54. The number of carbonyl (C=O) groups excluding carboxylic acids is 1. The van der Waals surface area contributed by atoms with Crippen molar-refractivity contribution in [2.45, 2.75) is 101 Å². The van der Waals surface area contributed by atoms with Crippen LogP contribution in [-0.2, 0) is 10.2 Å². The molecule has 1 heterocycles. The van der Waals surface area contributed by atoms with Crippen LogP contribution in [0.1, 0.15) is 84.2 Å². The van der Waals surface area contributed by atoms with Gasteiger partial charge in [0, 0.05) is 17.6 Å². The van der Waals surface area contributed by atoms with Crippen molar-refractivity contribution in [1.29, 1.82) is 0 Å². The Labute approximate surface area is 184 Å². The monoisotopic (exact) mass is 426 g/mol. The summed E-state index contributed by atoms with van der Waals surface area (Å²) < 4.78 is 2.32. The van der Waals surface area contributed by atoms with Gasteiger partial charge in [-0.15, -0.1) is 10.2 Å². The first-order valence-corrected chi connectivity index (χ1v) is 12.2. The molecule has 0 saturated heterocycles. The van der Waals surface area contributed by atoms with E-state index in [1.54, 1.807) is 11.8 Å². The normalized spacial score (nSPS) is 18.9. The molecular weight excluding hydrogens is 392 g/mol. The highest BCUT2D eigenvalue weighted by atomic mass is 32.2. The molecule has 0 unspecified atom stereocenters. The Morgan fingerprint density at radius 3 is 2.33 bits per heavy atom. The topological polar surface area (TPSA) is 59.8 Å². The summed E-state index contributed by atoms with van der Waals surface area (Å²) in [5.41, 5.74) is 2.54. The average Bonchev–Trinajstić information content (AvgIpc) is 3.45. The van der Waals surface area contributed by atoms with Crippen molar-refractivity contribution in [1.82, 2.24) is 20.1 Å². The molecule has 2 fully saturated rings. The van der Waals surface area contributed by atoms with E-state index in [2.05, 4.69) is 65.1 Å². The van der Waals surface area contributed by atoms with E-state index in [9.17, 15) is 4.79 Å². The molecule has 0 aliphatic heterocycles. The van der Waals surface area contributed by atoms with Crippen LogP contribution in [0.4, 0.5) is 0 Å². The molecule has 162 valence electrons. The number of nitrogens with one attached hydrogen (secondary N) is 1. The molecule has 1 atom stereocenters. The van der Waals surface area contributed by atoms with Crippen LogP contribution in [0.2, 0.25) is 0 Å². The standard InChI is InChI=1S/C24H34N4OS/c1-16(22(29)25-19-14-15-19)30-23-27-26-21(28(23)20-8-6-5-7-9-20)17-10-12-18(13-11-17)24(2,3)4/h10-13,16,19-20H,5-9,14-15H2,1-4H3,(H,25,29)/t16-/m0/s1. The first-order chi connectivity index (χ1) is 14.3. The molecule has 1 N–H and O–H groups in total. The number of hydrogen-bond acceptors (Lipinski definition) is 4. The fraction of sp³-hybridized carbons (Fsp3) is 0.625. The molecule has 2 aliphatic rings. The maximum atomic E-state index is 12.5. The molecule has 2 aliphatic carbocycles. The van der Waals surface area contributed by atoms with Crippen molar-refractivity contribution in [3.63, 3.8) is 0 Å². The number of amides is 1. The lowest BCUT2D eigenvalue weighted by molar-refractivity contribution is -0.120. The van der Waals surface area contributed by atoms with Crippen LogP contribution in [0, 0.1) is 0 Å². The maximum Gasteiger partial charge on any atom is 0.233 e. The molecule has 6 heteroatoms. The van der Waals surface area contributed by atoms with Crippen LogP contribution in [0.25, 0.3) is 11.4 Å². The van der Waals surface area contributed by atoms with E-state index >= 15 is 0 Å². The molecule has 1 aromatic carbocycles. The summed E-state index contributed by atoms with van der Waals surface area (Å²) in [7, 11) is 0. The van der Waals surface area contributed by atoms with Gasteiger partial charge in [-0.2, -0.15) is 0 Å². The lowest BCUT2D eigenvalue weighted by Gasteiger charge is -2.26.